The summed E-state index contributed by atoms with van der Waals surface area (Å²) in [4.78, 5) is 0. The third-order valence-electron chi connectivity index (χ3n) is 3.04. The molecular weight excluding hydrogens is 240 g/mol. The summed E-state index contributed by atoms with van der Waals surface area (Å²) in [5, 5.41) is 12.8. The summed E-state index contributed by atoms with van der Waals surface area (Å²) in [6.45, 7) is 4.71. The molecule has 0 amide bonds. The minimum atomic E-state index is -0.702. The predicted molar refractivity (Wildman–Crippen MR) is 69.3 cm³/mol. The number of rotatable bonds is 2. The molecule has 1 N–H and O–H groups in total. The van der Waals surface area contributed by atoms with Crippen LogP contribution in [0.1, 0.15) is 32.3 Å². The van der Waals surface area contributed by atoms with Crippen LogP contribution in [0.2, 0.25) is 0 Å². The molecule has 0 aromatic carbocycles. The third kappa shape index (κ3) is 2.45. The van der Waals surface area contributed by atoms with Crippen molar-refractivity contribution in [2.75, 3.05) is 12.9 Å². The Morgan fingerprint density at radius 2 is 2.25 bits per heavy atom. The van der Waals surface area contributed by atoms with Gasteiger partial charge in [0.05, 0.1) is 22.0 Å². The fourth-order valence-electron chi connectivity index (χ4n) is 2.25. The summed E-state index contributed by atoms with van der Waals surface area (Å²) in [7, 11) is 0. The van der Waals surface area contributed by atoms with Gasteiger partial charge in [-0.2, -0.15) is 0 Å². The van der Waals surface area contributed by atoms with Crippen molar-refractivity contribution in [2.45, 2.75) is 42.1 Å². The Balaban J connectivity index is 2.24. The molecule has 1 aromatic rings. The zero-order valence-corrected chi connectivity index (χ0v) is 11.6. The van der Waals surface area contributed by atoms with Gasteiger partial charge in [0.2, 0.25) is 0 Å². The monoisotopic (exact) mass is 258 g/mol. The summed E-state index contributed by atoms with van der Waals surface area (Å²) in [6.07, 6.45) is 3.43. The van der Waals surface area contributed by atoms with Crippen molar-refractivity contribution in [1.82, 2.24) is 0 Å². The zero-order chi connectivity index (χ0) is 11.8. The summed E-state index contributed by atoms with van der Waals surface area (Å²) in [5.74, 6) is 0. The summed E-state index contributed by atoms with van der Waals surface area (Å²) in [6, 6.07) is 2.11. The SMILES string of the molecule is CSc1cc(C2(O)CCOC(C)(C)C2)cs1. The van der Waals surface area contributed by atoms with Crippen LogP contribution in [-0.4, -0.2) is 23.6 Å². The van der Waals surface area contributed by atoms with E-state index in [0.29, 0.717) is 19.4 Å². The first-order chi connectivity index (χ1) is 7.45. The molecular formula is C12H18O2S2. The fourth-order valence-corrected chi connectivity index (χ4v) is 3.75. The van der Waals surface area contributed by atoms with Gasteiger partial charge >= 0.3 is 0 Å². The minimum Gasteiger partial charge on any atom is -0.385 e. The molecule has 0 bridgehead atoms. The van der Waals surface area contributed by atoms with E-state index >= 15 is 0 Å². The van der Waals surface area contributed by atoms with Gasteiger partial charge < -0.3 is 9.84 Å². The highest BCUT2D eigenvalue weighted by molar-refractivity contribution is 8.00. The summed E-state index contributed by atoms with van der Waals surface area (Å²) < 4.78 is 6.91. The van der Waals surface area contributed by atoms with E-state index in [1.165, 1.54) is 4.21 Å². The lowest BCUT2D eigenvalue weighted by atomic mass is 9.80. The van der Waals surface area contributed by atoms with Gasteiger partial charge in [0.1, 0.15) is 0 Å². The second kappa shape index (κ2) is 4.33. The van der Waals surface area contributed by atoms with Gasteiger partial charge in [-0.1, -0.05) is 0 Å². The van der Waals surface area contributed by atoms with Crippen molar-refractivity contribution in [3.63, 3.8) is 0 Å². The molecule has 0 aliphatic carbocycles. The minimum absolute atomic E-state index is 0.228. The molecule has 1 aliphatic rings. The van der Waals surface area contributed by atoms with Crippen molar-refractivity contribution in [2.24, 2.45) is 0 Å². The maximum absolute atomic E-state index is 10.7. The van der Waals surface area contributed by atoms with Gasteiger partial charge in [-0.05, 0) is 37.1 Å². The van der Waals surface area contributed by atoms with Crippen molar-refractivity contribution < 1.29 is 9.84 Å². The Bertz CT molecular complexity index is 373. The van der Waals surface area contributed by atoms with Crippen LogP contribution < -0.4 is 0 Å². The quantitative estimate of drug-likeness (QED) is 0.826. The van der Waals surface area contributed by atoms with Crippen molar-refractivity contribution >= 4 is 23.1 Å². The second-order valence-electron chi connectivity index (χ2n) is 4.93. The standard InChI is InChI=1S/C12H18O2S2/c1-11(2)8-12(13,4-5-14-11)9-6-10(15-3)16-7-9/h6-7,13H,4-5,8H2,1-3H3. The first kappa shape index (κ1) is 12.4. The second-order valence-corrected chi connectivity index (χ2v) is 6.94. The lowest BCUT2D eigenvalue weighted by Crippen LogP contribution is -2.43. The van der Waals surface area contributed by atoms with Gasteiger partial charge in [0, 0.05) is 12.8 Å². The number of ether oxygens (including phenoxy) is 1. The van der Waals surface area contributed by atoms with E-state index in [4.69, 9.17) is 4.74 Å². The van der Waals surface area contributed by atoms with Crippen LogP contribution in [0.25, 0.3) is 0 Å². The first-order valence-corrected chi connectivity index (χ1v) is 7.55. The zero-order valence-electron chi connectivity index (χ0n) is 9.95. The van der Waals surface area contributed by atoms with Gasteiger partial charge in [-0.25, -0.2) is 0 Å². The maximum atomic E-state index is 10.7. The molecule has 2 heterocycles. The van der Waals surface area contributed by atoms with E-state index in [9.17, 15) is 5.11 Å². The highest BCUT2D eigenvalue weighted by Gasteiger charge is 2.41. The van der Waals surface area contributed by atoms with Crippen molar-refractivity contribution in [3.8, 4) is 0 Å². The number of aliphatic hydroxyl groups is 1. The summed E-state index contributed by atoms with van der Waals surface area (Å²) >= 11 is 3.43. The van der Waals surface area contributed by atoms with Gasteiger partial charge in [0.25, 0.3) is 0 Å². The van der Waals surface area contributed by atoms with E-state index in [1.54, 1.807) is 23.1 Å². The van der Waals surface area contributed by atoms with Crippen LogP contribution in [0.15, 0.2) is 15.7 Å². The van der Waals surface area contributed by atoms with Crippen molar-refractivity contribution in [3.05, 3.63) is 17.0 Å². The molecule has 1 aromatic heterocycles. The Kier molecular flexibility index (Phi) is 3.36. The largest absolute Gasteiger partial charge is 0.385 e. The molecule has 1 fully saturated rings. The average molecular weight is 258 g/mol. The normalized spacial score (nSPS) is 29.2. The van der Waals surface area contributed by atoms with E-state index in [-0.39, 0.29) is 5.60 Å². The Labute approximate surface area is 105 Å². The molecule has 2 nitrogen and oxygen atoms in total. The molecule has 2 rings (SSSR count). The lowest BCUT2D eigenvalue weighted by molar-refractivity contribution is -0.148. The fraction of sp³-hybridized carbons (Fsp3) is 0.667. The maximum Gasteiger partial charge on any atom is 0.0954 e. The van der Waals surface area contributed by atoms with Crippen LogP contribution in [0.4, 0.5) is 0 Å². The van der Waals surface area contributed by atoms with Gasteiger partial charge in [-0.15, -0.1) is 23.1 Å². The van der Waals surface area contributed by atoms with E-state index in [1.807, 2.05) is 13.8 Å². The lowest BCUT2D eigenvalue weighted by Gasteiger charge is -2.41. The van der Waals surface area contributed by atoms with E-state index < -0.39 is 5.60 Å². The molecule has 90 valence electrons. The Hall–Kier alpha value is -0.0300. The predicted octanol–water partition coefficient (Wildman–Crippen LogP) is 3.25. The van der Waals surface area contributed by atoms with Crippen LogP contribution >= 0.6 is 23.1 Å². The Morgan fingerprint density at radius 3 is 2.81 bits per heavy atom. The molecule has 0 radical (unpaired) electrons. The number of thioether (sulfide) groups is 1. The Morgan fingerprint density at radius 1 is 1.50 bits per heavy atom. The highest BCUT2D eigenvalue weighted by atomic mass is 32.2. The summed E-state index contributed by atoms with van der Waals surface area (Å²) in [5.41, 5.74) is 0.124. The molecule has 16 heavy (non-hydrogen) atoms. The number of hydrogen-bond acceptors (Lipinski definition) is 4. The van der Waals surface area contributed by atoms with Crippen LogP contribution in [0, 0.1) is 0 Å². The molecule has 1 unspecified atom stereocenters. The third-order valence-corrected chi connectivity index (χ3v) is 5.07. The van der Waals surface area contributed by atoms with Gasteiger partial charge in [0.15, 0.2) is 0 Å². The molecule has 4 heteroatoms. The smallest absolute Gasteiger partial charge is 0.0954 e. The van der Waals surface area contributed by atoms with Crippen LogP contribution in [-0.2, 0) is 10.3 Å². The van der Waals surface area contributed by atoms with Crippen LogP contribution in [0.5, 0.6) is 0 Å². The van der Waals surface area contributed by atoms with Crippen molar-refractivity contribution in [1.29, 1.82) is 0 Å². The molecule has 1 saturated heterocycles. The number of hydrogen-bond donors (Lipinski definition) is 1. The highest BCUT2D eigenvalue weighted by Crippen LogP contribution is 2.41. The first-order valence-electron chi connectivity index (χ1n) is 5.45. The van der Waals surface area contributed by atoms with Gasteiger partial charge in [-0.3, -0.25) is 0 Å². The topological polar surface area (TPSA) is 29.5 Å². The van der Waals surface area contributed by atoms with E-state index in [2.05, 4.69) is 17.7 Å². The molecule has 0 saturated carbocycles. The van der Waals surface area contributed by atoms with E-state index in [0.717, 1.165) is 5.56 Å². The molecule has 0 spiro atoms. The average Bonchev–Trinajstić information content (AvgIpc) is 2.64. The molecule has 1 aliphatic heterocycles. The van der Waals surface area contributed by atoms with Crippen LogP contribution in [0.3, 0.4) is 0 Å². The number of thiophene rings is 1. The molecule has 1 atom stereocenters.